The summed E-state index contributed by atoms with van der Waals surface area (Å²) in [5, 5.41) is 8.54. The Labute approximate surface area is 130 Å². The van der Waals surface area contributed by atoms with Crippen molar-refractivity contribution in [1.29, 1.82) is 0 Å². The van der Waals surface area contributed by atoms with Crippen LogP contribution in [0.1, 0.15) is 13.8 Å². The third-order valence-electron chi connectivity index (χ3n) is 2.89. The van der Waals surface area contributed by atoms with Gasteiger partial charge in [-0.3, -0.25) is 5.10 Å². The zero-order chi connectivity index (χ0) is 14.1. The quantitative estimate of drug-likeness (QED) is 0.700. The number of halogens is 1. The Morgan fingerprint density at radius 1 is 1.20 bits per heavy atom. The molecule has 0 fully saturated rings. The second-order valence-corrected chi connectivity index (χ2v) is 6.06. The molecule has 102 valence electrons. The van der Waals surface area contributed by atoms with Crippen LogP contribution in [0, 0.1) is 3.57 Å². The molecule has 20 heavy (non-hydrogen) atoms. The van der Waals surface area contributed by atoms with Crippen LogP contribution in [0.4, 0.5) is 0 Å². The van der Waals surface area contributed by atoms with Crippen LogP contribution in [-0.2, 0) is 0 Å². The summed E-state index contributed by atoms with van der Waals surface area (Å²) in [6.45, 7) is 3.97. The van der Waals surface area contributed by atoms with Crippen molar-refractivity contribution in [3.05, 3.63) is 40.1 Å². The van der Waals surface area contributed by atoms with Gasteiger partial charge in [-0.05, 0) is 60.7 Å². The molecule has 4 nitrogen and oxygen atoms in total. The summed E-state index contributed by atoms with van der Waals surface area (Å²) in [6, 6.07) is 10.1. The molecule has 1 N–H and O–H groups in total. The minimum absolute atomic E-state index is 0.126. The SMILES string of the molecule is CC(C)Oc1ccc(-c2n[nH]c3ccc(I)cc23)cn1. The average Bonchev–Trinajstić information content (AvgIpc) is 2.82. The molecule has 0 aliphatic heterocycles. The first-order chi connectivity index (χ1) is 9.63. The largest absolute Gasteiger partial charge is 0.475 e. The predicted molar refractivity (Wildman–Crippen MR) is 87.8 cm³/mol. The first-order valence-electron chi connectivity index (χ1n) is 6.40. The molecule has 0 unspecified atom stereocenters. The highest BCUT2D eigenvalue weighted by Crippen LogP contribution is 2.27. The molecule has 0 bridgehead atoms. The molecule has 0 aliphatic rings. The van der Waals surface area contributed by atoms with Crippen LogP contribution in [0.3, 0.4) is 0 Å². The lowest BCUT2D eigenvalue weighted by atomic mass is 10.1. The number of hydrogen-bond donors (Lipinski definition) is 1. The van der Waals surface area contributed by atoms with Gasteiger partial charge in [-0.1, -0.05) is 0 Å². The average molecular weight is 379 g/mol. The summed E-state index contributed by atoms with van der Waals surface area (Å²) in [6.07, 6.45) is 1.92. The fourth-order valence-corrected chi connectivity index (χ4v) is 2.53. The maximum atomic E-state index is 5.55. The van der Waals surface area contributed by atoms with Crippen LogP contribution < -0.4 is 4.74 Å². The molecule has 2 heterocycles. The number of fused-ring (bicyclic) bond motifs is 1. The van der Waals surface area contributed by atoms with Crippen molar-refractivity contribution in [2.75, 3.05) is 0 Å². The predicted octanol–water partition coefficient (Wildman–Crippen LogP) is 4.02. The summed E-state index contributed by atoms with van der Waals surface area (Å²) < 4.78 is 6.74. The summed E-state index contributed by atoms with van der Waals surface area (Å²) in [5.74, 6) is 0.637. The van der Waals surface area contributed by atoms with E-state index in [2.05, 4.69) is 49.9 Å². The third kappa shape index (κ3) is 2.63. The lowest BCUT2D eigenvalue weighted by Crippen LogP contribution is -2.06. The molecule has 0 spiro atoms. The third-order valence-corrected chi connectivity index (χ3v) is 3.56. The number of ether oxygens (including phenoxy) is 1. The van der Waals surface area contributed by atoms with E-state index in [0.29, 0.717) is 5.88 Å². The maximum Gasteiger partial charge on any atom is 0.213 e. The molecule has 0 radical (unpaired) electrons. The number of nitrogens with one attached hydrogen (secondary N) is 1. The zero-order valence-corrected chi connectivity index (χ0v) is 13.4. The van der Waals surface area contributed by atoms with Gasteiger partial charge in [0.2, 0.25) is 5.88 Å². The highest BCUT2D eigenvalue weighted by molar-refractivity contribution is 14.1. The van der Waals surface area contributed by atoms with E-state index in [4.69, 9.17) is 4.74 Å². The van der Waals surface area contributed by atoms with Crippen LogP contribution in [0.15, 0.2) is 36.5 Å². The van der Waals surface area contributed by atoms with Crippen molar-refractivity contribution >= 4 is 33.5 Å². The standard InChI is InChI=1S/C15H14IN3O/c1-9(2)20-14-6-3-10(8-17-14)15-12-7-11(16)4-5-13(12)18-19-15/h3-9H,1-2H3,(H,18,19). The van der Waals surface area contributed by atoms with E-state index < -0.39 is 0 Å². The zero-order valence-electron chi connectivity index (χ0n) is 11.2. The molecule has 0 aliphatic carbocycles. The number of hydrogen-bond acceptors (Lipinski definition) is 3. The van der Waals surface area contributed by atoms with Gasteiger partial charge in [-0.15, -0.1) is 0 Å². The van der Waals surface area contributed by atoms with E-state index in [9.17, 15) is 0 Å². The van der Waals surface area contributed by atoms with E-state index >= 15 is 0 Å². The molecule has 2 aromatic heterocycles. The fraction of sp³-hybridized carbons (Fsp3) is 0.200. The Hall–Kier alpha value is -1.63. The minimum atomic E-state index is 0.126. The van der Waals surface area contributed by atoms with Gasteiger partial charge in [0, 0.05) is 26.8 Å². The molecule has 3 aromatic rings. The number of benzene rings is 1. The highest BCUT2D eigenvalue weighted by Gasteiger charge is 2.09. The van der Waals surface area contributed by atoms with Crippen LogP contribution in [-0.4, -0.2) is 21.3 Å². The Bertz CT molecular complexity index is 734. The van der Waals surface area contributed by atoms with E-state index in [1.54, 1.807) is 6.20 Å². The first-order valence-corrected chi connectivity index (χ1v) is 7.48. The molecule has 0 saturated heterocycles. The molecule has 0 atom stereocenters. The van der Waals surface area contributed by atoms with Crippen molar-refractivity contribution < 1.29 is 4.74 Å². The van der Waals surface area contributed by atoms with Crippen LogP contribution in [0.2, 0.25) is 0 Å². The lowest BCUT2D eigenvalue weighted by Gasteiger charge is -2.08. The molecule has 1 aromatic carbocycles. The van der Waals surface area contributed by atoms with E-state index in [1.807, 2.05) is 32.0 Å². The number of aromatic amines is 1. The molecule has 0 amide bonds. The summed E-state index contributed by atoms with van der Waals surface area (Å²) in [7, 11) is 0. The van der Waals surface area contributed by atoms with Crippen LogP contribution >= 0.6 is 22.6 Å². The van der Waals surface area contributed by atoms with Gasteiger partial charge in [0.25, 0.3) is 0 Å². The summed E-state index contributed by atoms with van der Waals surface area (Å²) >= 11 is 2.30. The molecular formula is C15H14IN3O. The van der Waals surface area contributed by atoms with Crippen LogP contribution in [0.5, 0.6) is 5.88 Å². The monoisotopic (exact) mass is 379 g/mol. The van der Waals surface area contributed by atoms with E-state index in [-0.39, 0.29) is 6.10 Å². The highest BCUT2D eigenvalue weighted by atomic mass is 127. The summed E-state index contributed by atoms with van der Waals surface area (Å²) in [4.78, 5) is 4.33. The van der Waals surface area contributed by atoms with Gasteiger partial charge in [-0.25, -0.2) is 4.98 Å². The Kier molecular flexibility index (Phi) is 3.60. The topological polar surface area (TPSA) is 50.8 Å². The minimum Gasteiger partial charge on any atom is -0.475 e. The van der Waals surface area contributed by atoms with Crippen molar-refractivity contribution in [3.63, 3.8) is 0 Å². The normalized spacial score (nSPS) is 11.2. The van der Waals surface area contributed by atoms with Crippen molar-refractivity contribution in [1.82, 2.24) is 15.2 Å². The molecule has 5 heteroatoms. The number of H-pyrrole nitrogens is 1. The Morgan fingerprint density at radius 2 is 2.05 bits per heavy atom. The number of pyridine rings is 1. The van der Waals surface area contributed by atoms with Gasteiger partial charge < -0.3 is 4.74 Å². The summed E-state index contributed by atoms with van der Waals surface area (Å²) in [5.41, 5.74) is 2.93. The van der Waals surface area contributed by atoms with Gasteiger partial charge in [-0.2, -0.15) is 5.10 Å². The molecule has 3 rings (SSSR count). The van der Waals surface area contributed by atoms with Gasteiger partial charge in [0.05, 0.1) is 11.6 Å². The second kappa shape index (κ2) is 5.40. The first kappa shape index (κ1) is 13.4. The fourth-order valence-electron chi connectivity index (χ4n) is 2.04. The number of rotatable bonds is 3. The Morgan fingerprint density at radius 3 is 2.75 bits per heavy atom. The smallest absolute Gasteiger partial charge is 0.213 e. The number of nitrogens with zero attached hydrogens (tertiary/aromatic N) is 2. The van der Waals surface area contributed by atoms with E-state index in [0.717, 1.165) is 22.2 Å². The van der Waals surface area contributed by atoms with Crippen LogP contribution in [0.25, 0.3) is 22.2 Å². The lowest BCUT2D eigenvalue weighted by molar-refractivity contribution is 0.232. The van der Waals surface area contributed by atoms with Gasteiger partial charge >= 0.3 is 0 Å². The van der Waals surface area contributed by atoms with Crippen molar-refractivity contribution in [2.24, 2.45) is 0 Å². The second-order valence-electron chi connectivity index (χ2n) is 4.81. The molecular weight excluding hydrogens is 365 g/mol. The van der Waals surface area contributed by atoms with Gasteiger partial charge in [0.1, 0.15) is 5.69 Å². The number of aromatic nitrogens is 3. The van der Waals surface area contributed by atoms with Crippen molar-refractivity contribution in [2.45, 2.75) is 20.0 Å². The van der Waals surface area contributed by atoms with Gasteiger partial charge in [0.15, 0.2) is 0 Å². The maximum absolute atomic E-state index is 5.55. The van der Waals surface area contributed by atoms with E-state index in [1.165, 1.54) is 3.57 Å². The molecule has 0 saturated carbocycles. The Balaban J connectivity index is 2.00. The van der Waals surface area contributed by atoms with Crippen molar-refractivity contribution in [3.8, 4) is 17.1 Å².